The highest BCUT2D eigenvalue weighted by molar-refractivity contribution is 7.90. The minimum Gasteiger partial charge on any atom is -0.444 e. The normalized spacial score (nSPS) is 19.4. The zero-order valence-electron chi connectivity index (χ0n) is 17.5. The van der Waals surface area contributed by atoms with Crippen molar-refractivity contribution in [2.45, 2.75) is 63.0 Å². The molecule has 1 fully saturated rings. The van der Waals surface area contributed by atoms with E-state index in [1.165, 1.54) is 17.0 Å². The Morgan fingerprint density at radius 3 is 2.67 bits per heavy atom. The van der Waals surface area contributed by atoms with E-state index in [0.29, 0.717) is 43.9 Å². The molecule has 2 amide bonds. The summed E-state index contributed by atoms with van der Waals surface area (Å²) in [6.45, 7) is 6.37. The van der Waals surface area contributed by atoms with Gasteiger partial charge in [-0.25, -0.2) is 13.2 Å². The molecule has 10 heteroatoms. The lowest BCUT2D eigenvalue weighted by Crippen LogP contribution is -2.45. The average molecular weight is 437 g/mol. The summed E-state index contributed by atoms with van der Waals surface area (Å²) in [5.41, 5.74) is -0.313. The first kappa shape index (κ1) is 22.1. The van der Waals surface area contributed by atoms with Crippen molar-refractivity contribution in [2.24, 2.45) is 4.99 Å². The van der Waals surface area contributed by atoms with Crippen LogP contribution in [-0.4, -0.2) is 55.9 Å². The fourth-order valence-corrected chi connectivity index (χ4v) is 4.52. The largest absolute Gasteiger partial charge is 0.444 e. The lowest BCUT2D eigenvalue weighted by atomic mass is 10.2. The number of nitrogens with one attached hydrogen (secondary N) is 2. The first-order valence-corrected chi connectivity index (χ1v) is 11.5. The minimum absolute atomic E-state index is 0.0327. The molecule has 1 aromatic rings. The summed E-state index contributed by atoms with van der Waals surface area (Å²) in [5, 5.41) is 2.73. The van der Waals surface area contributed by atoms with E-state index in [2.05, 4.69) is 15.0 Å². The second-order valence-electron chi connectivity index (χ2n) is 8.39. The zero-order chi connectivity index (χ0) is 21.9. The molecular weight excluding hydrogens is 408 g/mol. The summed E-state index contributed by atoms with van der Waals surface area (Å²) in [6.07, 6.45) is 2.10. The Hall–Kier alpha value is -2.62. The Balaban J connectivity index is 1.69. The SMILES string of the molecule is CC(C)(C)OC(=O)N1CCC[C@H]1C(=O)Nc1cccc(S(=O)(=O)NC2=NCCC2)c1. The fraction of sp³-hybridized carbons (Fsp3) is 0.550. The number of ether oxygens (including phenoxy) is 1. The van der Waals surface area contributed by atoms with E-state index in [4.69, 9.17) is 4.74 Å². The molecule has 0 aromatic heterocycles. The Labute approximate surface area is 176 Å². The van der Waals surface area contributed by atoms with E-state index in [1.54, 1.807) is 32.9 Å². The molecular formula is C20H28N4O5S. The number of hydrogen-bond acceptors (Lipinski definition) is 6. The van der Waals surface area contributed by atoms with Crippen LogP contribution in [0.15, 0.2) is 34.2 Å². The fourth-order valence-electron chi connectivity index (χ4n) is 3.38. The van der Waals surface area contributed by atoms with Crippen LogP contribution < -0.4 is 10.0 Å². The van der Waals surface area contributed by atoms with Gasteiger partial charge in [0.2, 0.25) is 5.91 Å². The van der Waals surface area contributed by atoms with Crippen LogP contribution in [0.4, 0.5) is 10.5 Å². The first-order chi connectivity index (χ1) is 14.0. The molecule has 30 heavy (non-hydrogen) atoms. The zero-order valence-corrected chi connectivity index (χ0v) is 18.3. The second-order valence-corrected chi connectivity index (χ2v) is 10.1. The van der Waals surface area contributed by atoms with Crippen molar-refractivity contribution in [3.8, 4) is 0 Å². The lowest BCUT2D eigenvalue weighted by molar-refractivity contribution is -0.120. The highest BCUT2D eigenvalue weighted by Gasteiger charge is 2.36. The van der Waals surface area contributed by atoms with Crippen molar-refractivity contribution in [1.82, 2.24) is 9.62 Å². The number of likely N-dealkylation sites (tertiary alicyclic amines) is 1. The van der Waals surface area contributed by atoms with Crippen molar-refractivity contribution in [3.05, 3.63) is 24.3 Å². The third-order valence-corrected chi connectivity index (χ3v) is 6.10. The number of amidine groups is 1. The highest BCUT2D eigenvalue weighted by atomic mass is 32.2. The molecule has 0 spiro atoms. The van der Waals surface area contributed by atoms with Gasteiger partial charge in [0.25, 0.3) is 10.0 Å². The first-order valence-electron chi connectivity index (χ1n) is 10.0. The molecule has 1 atom stereocenters. The third kappa shape index (κ3) is 5.50. The molecule has 0 bridgehead atoms. The van der Waals surface area contributed by atoms with Gasteiger partial charge in [-0.3, -0.25) is 19.4 Å². The maximum Gasteiger partial charge on any atom is 0.410 e. The molecule has 164 valence electrons. The summed E-state index contributed by atoms with van der Waals surface area (Å²) in [6, 6.07) is 5.35. The van der Waals surface area contributed by atoms with Crippen molar-refractivity contribution in [3.63, 3.8) is 0 Å². The maximum atomic E-state index is 12.8. The summed E-state index contributed by atoms with van der Waals surface area (Å²) in [4.78, 5) is 30.8. The molecule has 9 nitrogen and oxygen atoms in total. The van der Waals surface area contributed by atoms with Crippen molar-refractivity contribution >= 4 is 33.5 Å². The average Bonchev–Trinajstić information content (AvgIpc) is 3.31. The molecule has 2 N–H and O–H groups in total. The smallest absolute Gasteiger partial charge is 0.410 e. The maximum absolute atomic E-state index is 12.8. The molecule has 3 rings (SSSR count). The summed E-state index contributed by atoms with van der Waals surface area (Å²) >= 11 is 0. The Kier molecular flexibility index (Phi) is 6.35. The van der Waals surface area contributed by atoms with E-state index in [9.17, 15) is 18.0 Å². The number of carbonyl (C=O) groups excluding carboxylic acids is 2. The van der Waals surface area contributed by atoms with Crippen molar-refractivity contribution in [2.75, 3.05) is 18.4 Å². The van der Waals surface area contributed by atoms with Crippen LogP contribution in [0.5, 0.6) is 0 Å². The van der Waals surface area contributed by atoms with E-state index >= 15 is 0 Å². The van der Waals surface area contributed by atoms with Gasteiger partial charge in [-0.2, -0.15) is 0 Å². The molecule has 0 aliphatic carbocycles. The number of sulfonamides is 1. The lowest BCUT2D eigenvalue weighted by Gasteiger charge is -2.28. The van der Waals surface area contributed by atoms with Crippen LogP contribution in [0.1, 0.15) is 46.5 Å². The van der Waals surface area contributed by atoms with E-state index in [-0.39, 0.29) is 10.8 Å². The highest BCUT2D eigenvalue weighted by Crippen LogP contribution is 2.23. The van der Waals surface area contributed by atoms with Gasteiger partial charge in [-0.05, 0) is 58.2 Å². The van der Waals surface area contributed by atoms with Crippen LogP contribution in [0.25, 0.3) is 0 Å². The number of hydrogen-bond donors (Lipinski definition) is 2. The van der Waals surface area contributed by atoms with Crippen molar-refractivity contribution in [1.29, 1.82) is 0 Å². The quantitative estimate of drug-likeness (QED) is 0.752. The number of nitrogens with zero attached hydrogens (tertiary/aromatic N) is 2. The monoisotopic (exact) mass is 436 g/mol. The number of benzene rings is 1. The molecule has 1 saturated heterocycles. The van der Waals surface area contributed by atoms with Gasteiger partial charge >= 0.3 is 6.09 Å². The van der Waals surface area contributed by atoms with Crippen LogP contribution in [-0.2, 0) is 19.6 Å². The number of aliphatic imine (C=N–C) groups is 1. The van der Waals surface area contributed by atoms with Gasteiger partial charge < -0.3 is 10.1 Å². The van der Waals surface area contributed by atoms with Crippen LogP contribution >= 0.6 is 0 Å². The summed E-state index contributed by atoms with van der Waals surface area (Å²) < 4.78 is 33.0. The molecule has 0 radical (unpaired) electrons. The van der Waals surface area contributed by atoms with Crippen LogP contribution in [0, 0.1) is 0 Å². The summed E-state index contributed by atoms with van der Waals surface area (Å²) in [5.74, 6) is 0.0735. The van der Waals surface area contributed by atoms with Crippen molar-refractivity contribution < 1.29 is 22.7 Å². The van der Waals surface area contributed by atoms with Gasteiger partial charge in [-0.1, -0.05) is 6.07 Å². The molecule has 2 heterocycles. The van der Waals surface area contributed by atoms with Gasteiger partial charge in [0.05, 0.1) is 4.90 Å². The van der Waals surface area contributed by atoms with Gasteiger partial charge in [-0.15, -0.1) is 0 Å². The van der Waals surface area contributed by atoms with E-state index in [1.807, 2.05) is 0 Å². The molecule has 0 unspecified atom stereocenters. The van der Waals surface area contributed by atoms with Gasteiger partial charge in [0.1, 0.15) is 17.5 Å². The molecule has 1 aromatic carbocycles. The third-order valence-electron chi connectivity index (χ3n) is 4.72. The number of amides is 2. The molecule has 2 aliphatic heterocycles. The topological polar surface area (TPSA) is 117 Å². The Morgan fingerprint density at radius 1 is 1.23 bits per heavy atom. The van der Waals surface area contributed by atoms with Gasteiger partial charge in [0.15, 0.2) is 0 Å². The number of carbonyl (C=O) groups is 2. The molecule has 0 saturated carbocycles. The van der Waals surface area contributed by atoms with E-state index < -0.39 is 27.8 Å². The number of rotatable bonds is 4. The molecule has 2 aliphatic rings. The predicted octanol–water partition coefficient (Wildman–Crippen LogP) is 2.50. The summed E-state index contributed by atoms with van der Waals surface area (Å²) in [7, 11) is -3.78. The standard InChI is InChI=1S/C20H28N4O5S/c1-20(2,3)29-19(26)24-12-6-9-16(24)18(25)22-14-7-4-8-15(13-14)30(27,28)23-17-10-5-11-21-17/h4,7-8,13,16H,5-6,9-12H2,1-3H3,(H,21,23)(H,22,25)/t16-/m0/s1. The van der Waals surface area contributed by atoms with Gasteiger partial charge in [0, 0.05) is 25.2 Å². The van der Waals surface area contributed by atoms with E-state index in [0.717, 1.165) is 6.42 Å². The predicted molar refractivity (Wildman–Crippen MR) is 113 cm³/mol. The Bertz CT molecular complexity index is 952. The van der Waals surface area contributed by atoms with Crippen LogP contribution in [0.2, 0.25) is 0 Å². The van der Waals surface area contributed by atoms with Crippen LogP contribution in [0.3, 0.4) is 0 Å². The Morgan fingerprint density at radius 2 is 2.00 bits per heavy atom. The second kappa shape index (κ2) is 8.63. The number of anilines is 1. The minimum atomic E-state index is -3.78.